The second-order valence-corrected chi connectivity index (χ2v) is 6.06. The summed E-state index contributed by atoms with van der Waals surface area (Å²) in [6, 6.07) is 10.7. The number of para-hydroxylation sites is 1. The van der Waals surface area contributed by atoms with E-state index in [0.717, 1.165) is 0 Å². The molecule has 0 aliphatic heterocycles. The molecule has 2 aromatic heterocycles. The molecule has 0 unspecified atom stereocenters. The molecule has 1 aromatic carbocycles. The molecular formula is C17H13BrFN5O2. The van der Waals surface area contributed by atoms with E-state index in [0.29, 0.717) is 4.47 Å². The Bertz CT molecular complexity index is 960. The van der Waals surface area contributed by atoms with Gasteiger partial charge in [0.05, 0.1) is 11.3 Å². The summed E-state index contributed by atoms with van der Waals surface area (Å²) in [4.78, 5) is 31.1. The van der Waals surface area contributed by atoms with Gasteiger partial charge < -0.3 is 10.3 Å². The smallest absolute Gasteiger partial charge is 0.286 e. The monoisotopic (exact) mass is 417 g/mol. The lowest BCUT2D eigenvalue weighted by Gasteiger charge is -2.12. The molecule has 2 heterocycles. The van der Waals surface area contributed by atoms with Crippen molar-refractivity contribution in [1.82, 2.24) is 20.8 Å². The molecule has 0 atom stereocenters. The van der Waals surface area contributed by atoms with Crippen molar-refractivity contribution in [3.05, 3.63) is 76.4 Å². The van der Waals surface area contributed by atoms with Crippen LogP contribution in [0.15, 0.2) is 59.3 Å². The van der Waals surface area contributed by atoms with Crippen LogP contribution in [0.3, 0.4) is 0 Å². The van der Waals surface area contributed by atoms with Crippen LogP contribution in [0.2, 0.25) is 0 Å². The molecule has 3 aromatic rings. The van der Waals surface area contributed by atoms with Crippen LogP contribution in [-0.4, -0.2) is 21.8 Å². The zero-order valence-electron chi connectivity index (χ0n) is 13.2. The molecule has 132 valence electrons. The highest BCUT2D eigenvalue weighted by Gasteiger charge is 2.15. The van der Waals surface area contributed by atoms with Gasteiger partial charge in [-0.25, -0.2) is 9.37 Å². The molecule has 4 N–H and O–H groups in total. The Morgan fingerprint density at radius 3 is 2.58 bits per heavy atom. The molecule has 0 saturated carbocycles. The topological polar surface area (TPSA) is 98.9 Å². The Morgan fingerprint density at radius 2 is 1.85 bits per heavy atom. The number of benzene rings is 1. The van der Waals surface area contributed by atoms with E-state index in [9.17, 15) is 14.0 Å². The van der Waals surface area contributed by atoms with Crippen LogP contribution >= 0.6 is 15.9 Å². The summed E-state index contributed by atoms with van der Waals surface area (Å²) in [6.45, 7) is 0. The zero-order valence-corrected chi connectivity index (χ0v) is 14.8. The highest BCUT2D eigenvalue weighted by atomic mass is 79.9. The van der Waals surface area contributed by atoms with Gasteiger partial charge >= 0.3 is 0 Å². The summed E-state index contributed by atoms with van der Waals surface area (Å²) in [7, 11) is 0. The number of nitrogens with zero attached hydrogens (tertiary/aromatic N) is 1. The minimum atomic E-state index is -0.601. The summed E-state index contributed by atoms with van der Waals surface area (Å²) in [5, 5.41) is 2.77. The van der Waals surface area contributed by atoms with Crippen molar-refractivity contribution in [1.29, 1.82) is 0 Å². The Morgan fingerprint density at radius 1 is 1.08 bits per heavy atom. The fourth-order valence-corrected chi connectivity index (χ4v) is 2.47. The lowest BCUT2D eigenvalue weighted by atomic mass is 10.2. The lowest BCUT2D eigenvalue weighted by molar-refractivity contribution is 0.0844. The quantitative estimate of drug-likeness (QED) is 0.490. The number of carbonyl (C=O) groups excluding carboxylic acids is 2. The Balaban J connectivity index is 1.71. The van der Waals surface area contributed by atoms with E-state index in [2.05, 4.69) is 42.1 Å². The molecule has 0 saturated heterocycles. The van der Waals surface area contributed by atoms with Crippen LogP contribution in [0.4, 0.5) is 15.9 Å². The van der Waals surface area contributed by atoms with E-state index < -0.39 is 17.6 Å². The zero-order chi connectivity index (χ0) is 18.5. The van der Waals surface area contributed by atoms with Crippen molar-refractivity contribution in [3.63, 3.8) is 0 Å². The minimum absolute atomic E-state index is 0.142. The van der Waals surface area contributed by atoms with Crippen molar-refractivity contribution in [2.24, 2.45) is 0 Å². The summed E-state index contributed by atoms with van der Waals surface area (Å²) >= 11 is 3.22. The number of anilines is 2. The molecular weight excluding hydrogens is 405 g/mol. The largest absolute Gasteiger partial charge is 0.356 e. The predicted octanol–water partition coefficient (Wildman–Crippen LogP) is 3.13. The van der Waals surface area contributed by atoms with Gasteiger partial charge in [-0.3, -0.25) is 20.4 Å². The van der Waals surface area contributed by atoms with Gasteiger partial charge in [-0.15, -0.1) is 0 Å². The van der Waals surface area contributed by atoms with Gasteiger partial charge in [-0.05, 0) is 46.3 Å². The maximum Gasteiger partial charge on any atom is 0.286 e. The fraction of sp³-hybridized carbons (Fsp3) is 0. The number of aromatic nitrogens is 2. The number of amides is 2. The molecule has 9 heteroatoms. The minimum Gasteiger partial charge on any atom is -0.356 e. The molecule has 0 bridgehead atoms. The van der Waals surface area contributed by atoms with Crippen LogP contribution in [0.1, 0.15) is 20.8 Å². The first-order valence-electron chi connectivity index (χ1n) is 7.46. The van der Waals surface area contributed by atoms with Gasteiger partial charge in [-0.2, -0.15) is 0 Å². The first kappa shape index (κ1) is 17.6. The second-order valence-electron chi connectivity index (χ2n) is 5.14. The Labute approximate surface area is 156 Å². The van der Waals surface area contributed by atoms with Crippen LogP contribution in [0, 0.1) is 5.82 Å². The van der Waals surface area contributed by atoms with Gasteiger partial charge in [0.25, 0.3) is 11.8 Å². The van der Waals surface area contributed by atoms with Crippen molar-refractivity contribution in [2.45, 2.75) is 0 Å². The van der Waals surface area contributed by atoms with E-state index in [-0.39, 0.29) is 22.8 Å². The first-order chi connectivity index (χ1) is 12.5. The average Bonchev–Trinajstić information content (AvgIpc) is 3.08. The number of nitrogens with one attached hydrogen (secondary N) is 4. The molecule has 0 spiro atoms. The number of hydrazine groups is 1. The summed E-state index contributed by atoms with van der Waals surface area (Å²) in [5.74, 6) is -1.44. The molecule has 2 amide bonds. The molecule has 0 radical (unpaired) electrons. The maximum absolute atomic E-state index is 13.8. The number of aromatic amines is 1. The van der Waals surface area contributed by atoms with Crippen molar-refractivity contribution in [2.75, 3.05) is 5.32 Å². The molecule has 0 aliphatic rings. The summed E-state index contributed by atoms with van der Waals surface area (Å²) < 4.78 is 14.5. The normalized spacial score (nSPS) is 10.2. The third-order valence-corrected chi connectivity index (χ3v) is 3.82. The van der Waals surface area contributed by atoms with Crippen molar-refractivity contribution in [3.8, 4) is 0 Å². The molecule has 7 nitrogen and oxygen atoms in total. The number of hydrogen-bond acceptors (Lipinski definition) is 4. The number of H-pyrrole nitrogens is 1. The number of carbonyl (C=O) groups is 2. The molecule has 0 fully saturated rings. The summed E-state index contributed by atoms with van der Waals surface area (Å²) in [5.41, 5.74) is 5.19. The SMILES string of the molecule is O=C(NNC(=O)c1cccnc1Nc1ccccc1F)c1cc(Br)c[nH]1. The van der Waals surface area contributed by atoms with Gasteiger partial charge in [0.2, 0.25) is 0 Å². The van der Waals surface area contributed by atoms with E-state index in [1.165, 1.54) is 24.4 Å². The number of pyridine rings is 1. The van der Waals surface area contributed by atoms with Crippen LogP contribution in [0.5, 0.6) is 0 Å². The van der Waals surface area contributed by atoms with E-state index in [4.69, 9.17) is 0 Å². The Kier molecular flexibility index (Phi) is 5.28. The number of halogens is 2. The lowest BCUT2D eigenvalue weighted by Crippen LogP contribution is -2.42. The van der Waals surface area contributed by atoms with Crippen LogP contribution < -0.4 is 16.2 Å². The second kappa shape index (κ2) is 7.79. The van der Waals surface area contributed by atoms with Gasteiger partial charge in [0.1, 0.15) is 17.3 Å². The highest BCUT2D eigenvalue weighted by Crippen LogP contribution is 2.20. The van der Waals surface area contributed by atoms with Gasteiger partial charge in [0, 0.05) is 16.9 Å². The Hall–Kier alpha value is -3.20. The summed E-state index contributed by atoms with van der Waals surface area (Å²) in [6.07, 6.45) is 3.06. The third kappa shape index (κ3) is 4.06. The highest BCUT2D eigenvalue weighted by molar-refractivity contribution is 9.10. The third-order valence-electron chi connectivity index (χ3n) is 3.36. The van der Waals surface area contributed by atoms with E-state index in [1.807, 2.05) is 0 Å². The maximum atomic E-state index is 13.8. The first-order valence-corrected chi connectivity index (χ1v) is 8.25. The molecule has 3 rings (SSSR count). The molecule has 0 aliphatic carbocycles. The standard InChI is InChI=1S/C17H13BrFN5O2/c18-10-8-14(21-9-10)17(26)24-23-16(25)11-4-3-7-20-15(11)22-13-6-2-1-5-12(13)19/h1-9,21H,(H,20,22)(H,23,25)(H,24,26). The van der Waals surface area contributed by atoms with E-state index in [1.54, 1.807) is 30.5 Å². The van der Waals surface area contributed by atoms with E-state index >= 15 is 0 Å². The van der Waals surface area contributed by atoms with Crippen molar-refractivity contribution < 1.29 is 14.0 Å². The van der Waals surface area contributed by atoms with Crippen LogP contribution in [-0.2, 0) is 0 Å². The number of hydrogen-bond donors (Lipinski definition) is 4. The van der Waals surface area contributed by atoms with Crippen molar-refractivity contribution >= 4 is 39.2 Å². The predicted molar refractivity (Wildman–Crippen MR) is 97.3 cm³/mol. The number of rotatable bonds is 4. The van der Waals surface area contributed by atoms with Gasteiger partial charge in [-0.1, -0.05) is 12.1 Å². The van der Waals surface area contributed by atoms with Gasteiger partial charge in [0.15, 0.2) is 0 Å². The average molecular weight is 418 g/mol. The van der Waals surface area contributed by atoms with Crippen LogP contribution in [0.25, 0.3) is 0 Å². The molecule has 26 heavy (non-hydrogen) atoms. The fourth-order valence-electron chi connectivity index (χ4n) is 2.13.